The van der Waals surface area contributed by atoms with Gasteiger partial charge in [-0.2, -0.15) is 0 Å². The number of sulfone groups is 1. The molecule has 3 aromatic carbocycles. The lowest BCUT2D eigenvalue weighted by Gasteiger charge is -2.13. The minimum absolute atomic E-state index is 0.0807. The van der Waals surface area contributed by atoms with Gasteiger partial charge in [0, 0.05) is 29.4 Å². The second-order valence-electron chi connectivity index (χ2n) is 7.11. The molecule has 1 heterocycles. The number of anilines is 1. The van der Waals surface area contributed by atoms with Crippen molar-refractivity contribution in [3.63, 3.8) is 0 Å². The van der Waals surface area contributed by atoms with E-state index in [4.69, 9.17) is 0 Å². The van der Waals surface area contributed by atoms with Crippen LogP contribution in [0.2, 0.25) is 0 Å². The Morgan fingerprint density at radius 2 is 1.68 bits per heavy atom. The molecule has 0 saturated carbocycles. The summed E-state index contributed by atoms with van der Waals surface area (Å²) in [6, 6.07) is 21.0. The lowest BCUT2D eigenvalue weighted by molar-refractivity contribution is 0.102. The van der Waals surface area contributed by atoms with Crippen LogP contribution in [0, 0.1) is 5.82 Å². The number of rotatable bonds is 5. The Hall–Kier alpha value is -3.71. The molecule has 4 rings (SSSR count). The molecule has 0 aliphatic heterocycles. The van der Waals surface area contributed by atoms with Gasteiger partial charge in [-0.15, -0.1) is 0 Å². The number of hydrogen-bond donors (Lipinski definition) is 2. The van der Waals surface area contributed by atoms with Gasteiger partial charge in [0.1, 0.15) is 5.82 Å². The van der Waals surface area contributed by atoms with Crippen LogP contribution in [0.25, 0.3) is 22.4 Å². The molecule has 2 N–H and O–H groups in total. The summed E-state index contributed by atoms with van der Waals surface area (Å²) in [6.45, 7) is 0. The first-order valence-corrected chi connectivity index (χ1v) is 11.4. The molecule has 0 bridgehead atoms. The van der Waals surface area contributed by atoms with Gasteiger partial charge in [-0.05, 0) is 71.3 Å². The number of halogens is 1. The monoisotopic (exact) mass is 434 g/mol. The molecule has 0 aliphatic carbocycles. The number of nitrogens with one attached hydrogen (secondary N) is 2. The summed E-state index contributed by atoms with van der Waals surface area (Å²) in [5.41, 5.74) is 3.64. The van der Waals surface area contributed by atoms with Crippen LogP contribution in [-0.2, 0) is 9.84 Å². The summed E-state index contributed by atoms with van der Waals surface area (Å²) in [5, 5.41) is 2.86. The molecule has 4 aromatic rings. The molecule has 31 heavy (non-hydrogen) atoms. The van der Waals surface area contributed by atoms with Crippen LogP contribution in [-0.4, -0.2) is 25.6 Å². The summed E-state index contributed by atoms with van der Waals surface area (Å²) >= 11 is 0. The maximum absolute atomic E-state index is 13.4. The van der Waals surface area contributed by atoms with Crippen molar-refractivity contribution in [3.05, 3.63) is 96.4 Å². The average molecular weight is 434 g/mol. The van der Waals surface area contributed by atoms with Crippen LogP contribution >= 0.6 is 0 Å². The predicted octanol–water partition coefficient (Wildman–Crippen LogP) is 5.14. The Balaban J connectivity index is 1.72. The van der Waals surface area contributed by atoms with Crippen molar-refractivity contribution in [2.45, 2.75) is 4.90 Å². The molecule has 0 saturated heterocycles. The highest BCUT2D eigenvalue weighted by Gasteiger charge is 2.17. The number of hydrogen-bond acceptors (Lipinski definition) is 3. The van der Waals surface area contributed by atoms with E-state index in [2.05, 4.69) is 10.3 Å². The molecule has 0 unspecified atom stereocenters. The number of carbonyl (C=O) groups excluding carboxylic acids is 1. The van der Waals surface area contributed by atoms with Gasteiger partial charge < -0.3 is 10.3 Å². The van der Waals surface area contributed by atoms with Gasteiger partial charge in [-0.25, -0.2) is 12.8 Å². The Kier molecular flexibility index (Phi) is 5.44. The summed E-state index contributed by atoms with van der Waals surface area (Å²) in [6.07, 6.45) is 2.92. The summed E-state index contributed by atoms with van der Waals surface area (Å²) in [7, 11) is -3.48. The number of amides is 1. The van der Waals surface area contributed by atoms with Crippen molar-refractivity contribution in [2.24, 2.45) is 0 Å². The van der Waals surface area contributed by atoms with E-state index in [0.29, 0.717) is 16.8 Å². The SMILES string of the molecule is CS(=O)(=O)c1ccc(C(=O)Nc2cccc(-c3ccc[nH]3)c2)c(-c2ccc(F)cc2)c1. The van der Waals surface area contributed by atoms with Crippen LogP contribution in [0.15, 0.2) is 90.0 Å². The van der Waals surface area contributed by atoms with Gasteiger partial charge >= 0.3 is 0 Å². The molecule has 0 aliphatic rings. The largest absolute Gasteiger partial charge is 0.361 e. The van der Waals surface area contributed by atoms with Gasteiger partial charge in [0.15, 0.2) is 9.84 Å². The van der Waals surface area contributed by atoms with Crippen LogP contribution in [0.4, 0.5) is 10.1 Å². The Morgan fingerprint density at radius 1 is 0.903 bits per heavy atom. The predicted molar refractivity (Wildman–Crippen MR) is 119 cm³/mol. The zero-order valence-corrected chi connectivity index (χ0v) is 17.4. The van der Waals surface area contributed by atoms with E-state index in [-0.39, 0.29) is 10.5 Å². The fourth-order valence-corrected chi connectivity index (χ4v) is 3.94. The zero-order valence-electron chi connectivity index (χ0n) is 16.6. The van der Waals surface area contributed by atoms with Gasteiger partial charge in [0.2, 0.25) is 0 Å². The second kappa shape index (κ2) is 8.20. The Bertz CT molecular complexity index is 1350. The summed E-state index contributed by atoms with van der Waals surface area (Å²) in [5.74, 6) is -0.821. The van der Waals surface area contributed by atoms with E-state index in [1.165, 1.54) is 42.5 Å². The first kappa shape index (κ1) is 20.6. The molecule has 0 spiro atoms. The van der Waals surface area contributed by atoms with Crippen LogP contribution in [0.5, 0.6) is 0 Å². The highest BCUT2D eigenvalue weighted by atomic mass is 32.2. The standard InChI is InChI=1S/C24H19FN2O3S/c1-31(29,30)20-11-12-21(22(15-20)16-7-9-18(25)10-8-16)24(28)27-19-5-2-4-17(14-19)23-6-3-13-26-23/h2-15,26H,1H3,(H,27,28). The highest BCUT2D eigenvalue weighted by Crippen LogP contribution is 2.29. The lowest BCUT2D eigenvalue weighted by Crippen LogP contribution is -2.14. The topological polar surface area (TPSA) is 79.0 Å². The molecule has 5 nitrogen and oxygen atoms in total. The van der Waals surface area contributed by atoms with Gasteiger partial charge in [-0.3, -0.25) is 4.79 Å². The molecule has 0 fully saturated rings. The van der Waals surface area contributed by atoms with E-state index < -0.39 is 21.6 Å². The van der Waals surface area contributed by atoms with E-state index in [9.17, 15) is 17.6 Å². The van der Waals surface area contributed by atoms with E-state index in [1.807, 2.05) is 36.5 Å². The molecule has 156 valence electrons. The Morgan fingerprint density at radius 3 is 2.35 bits per heavy atom. The van der Waals surface area contributed by atoms with Gasteiger partial charge in [-0.1, -0.05) is 24.3 Å². The number of carbonyl (C=O) groups is 1. The molecular weight excluding hydrogens is 415 g/mol. The van der Waals surface area contributed by atoms with Crippen molar-refractivity contribution in [1.29, 1.82) is 0 Å². The second-order valence-corrected chi connectivity index (χ2v) is 9.12. The van der Waals surface area contributed by atoms with Crippen molar-refractivity contribution in [1.82, 2.24) is 4.98 Å². The van der Waals surface area contributed by atoms with Crippen molar-refractivity contribution in [3.8, 4) is 22.4 Å². The Labute approximate surface area is 179 Å². The van der Waals surface area contributed by atoms with Crippen LogP contribution < -0.4 is 5.32 Å². The summed E-state index contributed by atoms with van der Waals surface area (Å²) in [4.78, 5) is 16.3. The molecule has 1 amide bonds. The highest BCUT2D eigenvalue weighted by molar-refractivity contribution is 7.90. The fourth-order valence-electron chi connectivity index (χ4n) is 3.29. The van der Waals surface area contributed by atoms with E-state index >= 15 is 0 Å². The average Bonchev–Trinajstić information content (AvgIpc) is 3.28. The first-order chi connectivity index (χ1) is 14.8. The number of benzene rings is 3. The lowest BCUT2D eigenvalue weighted by atomic mass is 9.99. The minimum Gasteiger partial charge on any atom is -0.361 e. The quantitative estimate of drug-likeness (QED) is 0.456. The van der Waals surface area contributed by atoms with Crippen molar-refractivity contribution in [2.75, 3.05) is 11.6 Å². The number of H-pyrrole nitrogens is 1. The number of aromatic nitrogens is 1. The summed E-state index contributed by atoms with van der Waals surface area (Å²) < 4.78 is 37.5. The number of aromatic amines is 1. The molecule has 1 aromatic heterocycles. The third-order valence-electron chi connectivity index (χ3n) is 4.85. The molecular formula is C24H19FN2O3S. The van der Waals surface area contributed by atoms with Gasteiger partial charge in [0.25, 0.3) is 5.91 Å². The van der Waals surface area contributed by atoms with Crippen LogP contribution in [0.1, 0.15) is 10.4 Å². The maximum atomic E-state index is 13.4. The zero-order chi connectivity index (χ0) is 22.0. The third kappa shape index (κ3) is 4.57. The van der Waals surface area contributed by atoms with Crippen LogP contribution in [0.3, 0.4) is 0 Å². The normalized spacial score (nSPS) is 11.3. The molecule has 0 atom stereocenters. The van der Waals surface area contributed by atoms with E-state index in [0.717, 1.165) is 17.5 Å². The van der Waals surface area contributed by atoms with Crippen molar-refractivity contribution < 1.29 is 17.6 Å². The maximum Gasteiger partial charge on any atom is 0.256 e. The minimum atomic E-state index is -3.48. The van der Waals surface area contributed by atoms with Crippen molar-refractivity contribution >= 4 is 21.4 Å². The van der Waals surface area contributed by atoms with E-state index in [1.54, 1.807) is 6.07 Å². The molecule has 7 heteroatoms. The fraction of sp³-hybridized carbons (Fsp3) is 0.0417. The third-order valence-corrected chi connectivity index (χ3v) is 5.96. The first-order valence-electron chi connectivity index (χ1n) is 9.46. The smallest absolute Gasteiger partial charge is 0.256 e. The molecule has 0 radical (unpaired) electrons. The van der Waals surface area contributed by atoms with Gasteiger partial charge in [0.05, 0.1) is 4.90 Å².